The highest BCUT2D eigenvalue weighted by Gasteiger charge is 2.32. The van der Waals surface area contributed by atoms with Gasteiger partial charge in [-0.1, -0.05) is 12.1 Å². The number of anilines is 1. The second kappa shape index (κ2) is 5.07. The average Bonchev–Trinajstić information content (AvgIpc) is 2.97. The molecule has 0 aliphatic carbocycles. The van der Waals surface area contributed by atoms with Crippen molar-refractivity contribution < 1.29 is 13.5 Å². The van der Waals surface area contributed by atoms with Crippen LogP contribution in [-0.2, 0) is 23.0 Å². The van der Waals surface area contributed by atoms with Gasteiger partial charge in [0.15, 0.2) is 5.03 Å². The van der Waals surface area contributed by atoms with E-state index >= 15 is 0 Å². The Balaban J connectivity index is 2.09. The molecule has 0 saturated carbocycles. The molecule has 0 fully saturated rings. The SMILES string of the molecule is CCn1cnc(S(=O)(=O)N2CCCc3cccc(O)c32)c1. The van der Waals surface area contributed by atoms with E-state index in [2.05, 4.69) is 4.98 Å². The van der Waals surface area contributed by atoms with Crippen LogP contribution in [0.3, 0.4) is 0 Å². The van der Waals surface area contributed by atoms with Crippen molar-refractivity contribution in [2.24, 2.45) is 0 Å². The lowest BCUT2D eigenvalue weighted by atomic mass is 10.0. The smallest absolute Gasteiger partial charge is 0.283 e. The van der Waals surface area contributed by atoms with Crippen LogP contribution in [0.15, 0.2) is 35.7 Å². The normalized spacial score (nSPS) is 15.0. The Morgan fingerprint density at radius 1 is 1.38 bits per heavy atom. The molecule has 3 rings (SSSR count). The predicted molar refractivity (Wildman–Crippen MR) is 78.9 cm³/mol. The van der Waals surface area contributed by atoms with Gasteiger partial charge in [-0.3, -0.25) is 4.31 Å². The Bertz CT molecular complexity index is 768. The minimum absolute atomic E-state index is 0.00861. The van der Waals surface area contributed by atoms with E-state index in [1.165, 1.54) is 22.9 Å². The Morgan fingerprint density at radius 3 is 2.90 bits per heavy atom. The summed E-state index contributed by atoms with van der Waals surface area (Å²) in [4.78, 5) is 3.99. The molecule has 0 bridgehead atoms. The number of rotatable bonds is 3. The number of aromatic nitrogens is 2. The van der Waals surface area contributed by atoms with Gasteiger partial charge < -0.3 is 9.67 Å². The van der Waals surface area contributed by atoms with Gasteiger partial charge in [0.05, 0.1) is 12.0 Å². The summed E-state index contributed by atoms with van der Waals surface area (Å²) >= 11 is 0. The number of aromatic hydroxyl groups is 1. The fraction of sp³-hybridized carbons (Fsp3) is 0.357. The number of benzene rings is 1. The summed E-state index contributed by atoms with van der Waals surface area (Å²) in [6.07, 6.45) is 4.51. The van der Waals surface area contributed by atoms with Crippen LogP contribution in [0.2, 0.25) is 0 Å². The maximum absolute atomic E-state index is 12.8. The number of fused-ring (bicyclic) bond motifs is 1. The van der Waals surface area contributed by atoms with Crippen LogP contribution in [0, 0.1) is 0 Å². The number of para-hydroxylation sites is 1. The zero-order chi connectivity index (χ0) is 15.0. The molecular weight excluding hydrogens is 290 g/mol. The molecule has 0 unspecified atom stereocenters. The van der Waals surface area contributed by atoms with E-state index in [0.29, 0.717) is 18.8 Å². The average molecular weight is 307 g/mol. The molecule has 0 radical (unpaired) electrons. The van der Waals surface area contributed by atoms with E-state index in [1.807, 2.05) is 13.0 Å². The van der Waals surface area contributed by atoms with Crippen molar-refractivity contribution in [2.45, 2.75) is 31.3 Å². The second-order valence-corrected chi connectivity index (χ2v) is 6.82. The minimum atomic E-state index is -3.75. The quantitative estimate of drug-likeness (QED) is 0.937. The summed E-state index contributed by atoms with van der Waals surface area (Å²) in [6, 6.07) is 5.09. The number of sulfonamides is 1. The zero-order valence-corrected chi connectivity index (χ0v) is 12.5. The molecule has 2 aromatic rings. The molecule has 0 amide bonds. The number of nitrogens with zero attached hydrogens (tertiary/aromatic N) is 3. The standard InChI is InChI=1S/C14H17N3O3S/c1-2-16-9-13(15-10-16)21(19,20)17-8-4-6-11-5-3-7-12(18)14(11)17/h3,5,7,9-10,18H,2,4,6,8H2,1H3. The van der Waals surface area contributed by atoms with Gasteiger partial charge >= 0.3 is 0 Å². The van der Waals surface area contributed by atoms with Crippen molar-refractivity contribution in [1.82, 2.24) is 9.55 Å². The molecule has 1 aliphatic heterocycles. The summed E-state index contributed by atoms with van der Waals surface area (Å²) in [5.74, 6) is -0.00861. The van der Waals surface area contributed by atoms with Crippen molar-refractivity contribution in [3.8, 4) is 5.75 Å². The van der Waals surface area contributed by atoms with Crippen molar-refractivity contribution in [1.29, 1.82) is 0 Å². The number of aryl methyl sites for hydroxylation is 2. The van der Waals surface area contributed by atoms with Crippen LogP contribution in [0.1, 0.15) is 18.9 Å². The molecule has 1 aromatic carbocycles. The highest BCUT2D eigenvalue weighted by molar-refractivity contribution is 7.92. The van der Waals surface area contributed by atoms with Crippen molar-refractivity contribution in [3.05, 3.63) is 36.3 Å². The topological polar surface area (TPSA) is 75.4 Å². The van der Waals surface area contributed by atoms with Gasteiger partial charge in [-0.15, -0.1) is 0 Å². The Morgan fingerprint density at radius 2 is 2.19 bits per heavy atom. The van der Waals surface area contributed by atoms with E-state index in [9.17, 15) is 13.5 Å². The first-order valence-corrected chi connectivity index (χ1v) is 8.33. The molecule has 21 heavy (non-hydrogen) atoms. The third kappa shape index (κ3) is 2.27. The van der Waals surface area contributed by atoms with Gasteiger partial charge in [-0.2, -0.15) is 8.42 Å². The van der Waals surface area contributed by atoms with Crippen LogP contribution in [-0.4, -0.2) is 29.6 Å². The third-order valence-electron chi connectivity index (χ3n) is 3.68. The number of phenolic OH excluding ortho intramolecular Hbond substituents is 1. The van der Waals surface area contributed by atoms with Crippen molar-refractivity contribution >= 4 is 15.7 Å². The monoisotopic (exact) mass is 307 g/mol. The fourth-order valence-electron chi connectivity index (χ4n) is 2.59. The lowest BCUT2D eigenvalue weighted by molar-refractivity contribution is 0.472. The van der Waals surface area contributed by atoms with Gasteiger partial charge in [0.1, 0.15) is 5.75 Å². The zero-order valence-electron chi connectivity index (χ0n) is 11.7. The number of phenols is 1. The molecular formula is C14H17N3O3S. The van der Waals surface area contributed by atoms with Crippen LogP contribution in [0.25, 0.3) is 0 Å². The fourth-order valence-corrected chi connectivity index (χ4v) is 4.09. The minimum Gasteiger partial charge on any atom is -0.506 e. The first-order chi connectivity index (χ1) is 10.0. The molecule has 2 heterocycles. The van der Waals surface area contributed by atoms with E-state index < -0.39 is 10.0 Å². The number of hydrogen-bond donors (Lipinski definition) is 1. The van der Waals surface area contributed by atoms with Gasteiger partial charge in [0.25, 0.3) is 10.0 Å². The highest BCUT2D eigenvalue weighted by Crippen LogP contribution is 2.38. The largest absolute Gasteiger partial charge is 0.506 e. The van der Waals surface area contributed by atoms with Crippen LogP contribution in [0.5, 0.6) is 5.75 Å². The lowest BCUT2D eigenvalue weighted by Gasteiger charge is -2.30. The molecule has 7 heteroatoms. The Hall–Kier alpha value is -2.02. The number of hydrogen-bond acceptors (Lipinski definition) is 4. The first kappa shape index (κ1) is 13.9. The maximum Gasteiger partial charge on any atom is 0.283 e. The lowest BCUT2D eigenvalue weighted by Crippen LogP contribution is -2.35. The van der Waals surface area contributed by atoms with E-state index in [1.54, 1.807) is 10.6 Å². The van der Waals surface area contributed by atoms with E-state index in [0.717, 1.165) is 18.4 Å². The first-order valence-electron chi connectivity index (χ1n) is 6.89. The van der Waals surface area contributed by atoms with Crippen molar-refractivity contribution in [3.63, 3.8) is 0 Å². The summed E-state index contributed by atoms with van der Waals surface area (Å²) in [6.45, 7) is 2.93. The Labute approximate surface area is 123 Å². The second-order valence-electron chi connectivity index (χ2n) is 5.01. The predicted octanol–water partition coefficient (Wildman–Crippen LogP) is 1.75. The molecule has 6 nitrogen and oxygen atoms in total. The third-order valence-corrected chi connectivity index (χ3v) is 5.37. The van der Waals surface area contributed by atoms with E-state index in [-0.39, 0.29) is 10.8 Å². The van der Waals surface area contributed by atoms with Gasteiger partial charge in [-0.25, -0.2) is 4.98 Å². The van der Waals surface area contributed by atoms with Crippen LogP contribution >= 0.6 is 0 Å². The summed E-state index contributed by atoms with van der Waals surface area (Å²) < 4.78 is 28.5. The highest BCUT2D eigenvalue weighted by atomic mass is 32.2. The van der Waals surface area contributed by atoms with Gasteiger partial charge in [0.2, 0.25) is 0 Å². The summed E-state index contributed by atoms with van der Waals surface area (Å²) in [5.41, 5.74) is 1.23. The molecule has 1 aliphatic rings. The van der Waals surface area contributed by atoms with E-state index in [4.69, 9.17) is 0 Å². The van der Waals surface area contributed by atoms with Crippen molar-refractivity contribution in [2.75, 3.05) is 10.8 Å². The molecule has 0 spiro atoms. The molecule has 112 valence electrons. The van der Waals surface area contributed by atoms with Gasteiger partial charge in [-0.05, 0) is 31.4 Å². The van der Waals surface area contributed by atoms with Gasteiger partial charge in [0, 0.05) is 19.3 Å². The molecule has 1 N–H and O–H groups in total. The van der Waals surface area contributed by atoms with Crippen LogP contribution < -0.4 is 4.31 Å². The van der Waals surface area contributed by atoms with Crippen LogP contribution in [0.4, 0.5) is 5.69 Å². The molecule has 1 aromatic heterocycles. The Kier molecular flexibility index (Phi) is 3.36. The molecule has 0 saturated heterocycles. The molecule has 0 atom stereocenters. The maximum atomic E-state index is 12.8. The summed E-state index contributed by atoms with van der Waals surface area (Å²) in [5, 5.41) is 10.1. The summed E-state index contributed by atoms with van der Waals surface area (Å²) in [7, 11) is -3.75. The number of imidazole rings is 1.